The van der Waals surface area contributed by atoms with Crippen LogP contribution >= 0.6 is 0 Å². The molecule has 0 spiro atoms. The number of anilines is 2. The van der Waals surface area contributed by atoms with Crippen LogP contribution in [0.1, 0.15) is 42.5 Å². The number of β-amino-alcohol motifs (C(OH)–C–C–N with tert-alkyl or cyclic N) is 1. The quantitative estimate of drug-likeness (QED) is 0.344. The minimum Gasteiger partial charge on any atom is -0.394 e. The summed E-state index contributed by atoms with van der Waals surface area (Å²) in [6.07, 6.45) is -9.06. The van der Waals surface area contributed by atoms with Crippen LogP contribution in [0.15, 0.2) is 54.7 Å². The number of carbonyl (C=O) groups excluding carboxylic acids is 1. The summed E-state index contributed by atoms with van der Waals surface area (Å²) in [7, 11) is 1.39. The van der Waals surface area contributed by atoms with E-state index in [4.69, 9.17) is 0 Å². The minimum absolute atomic E-state index is 0.0294. The van der Waals surface area contributed by atoms with Crippen molar-refractivity contribution in [1.82, 2.24) is 4.98 Å². The fourth-order valence-corrected chi connectivity index (χ4v) is 5.27. The molecule has 1 fully saturated rings. The molecule has 3 aromatic rings. The number of aromatic nitrogens is 1. The van der Waals surface area contributed by atoms with Gasteiger partial charge in [-0.15, -0.1) is 0 Å². The third kappa shape index (κ3) is 6.10. The summed E-state index contributed by atoms with van der Waals surface area (Å²) < 4.78 is 81.4. The van der Waals surface area contributed by atoms with Gasteiger partial charge in [0.25, 0.3) is 0 Å². The molecule has 0 bridgehead atoms. The van der Waals surface area contributed by atoms with Crippen LogP contribution in [-0.2, 0) is 22.6 Å². The zero-order valence-corrected chi connectivity index (χ0v) is 23.4. The first-order valence-electron chi connectivity index (χ1n) is 13.1. The Morgan fingerprint density at radius 1 is 0.976 bits per heavy atom. The molecule has 1 aliphatic heterocycles. The van der Waals surface area contributed by atoms with Gasteiger partial charge < -0.3 is 20.0 Å². The standard InChI is InChI=1S/C30H31F6N3O3/c1-17-7-5-6-8-23(17)24-13-26(39-15-22(41)12-21(39)16-40)37-14-25(24)38(4)27(42)28(2,3)18-9-19(29(31,32)33)11-20(10-18)30(34,35)36/h5-11,13-14,21-22,40-41H,12,15-16H2,1-4H3/t21-,22-/m1/s1. The van der Waals surface area contributed by atoms with E-state index in [1.54, 1.807) is 17.0 Å². The van der Waals surface area contributed by atoms with Crippen LogP contribution in [0, 0.1) is 6.92 Å². The van der Waals surface area contributed by atoms with Crippen molar-refractivity contribution in [3.63, 3.8) is 0 Å². The smallest absolute Gasteiger partial charge is 0.394 e. The van der Waals surface area contributed by atoms with E-state index in [1.807, 2.05) is 25.1 Å². The Morgan fingerprint density at radius 2 is 1.55 bits per heavy atom. The molecule has 0 aliphatic carbocycles. The highest BCUT2D eigenvalue weighted by Gasteiger charge is 2.41. The topological polar surface area (TPSA) is 76.9 Å². The Labute approximate surface area is 239 Å². The van der Waals surface area contributed by atoms with Crippen molar-refractivity contribution < 1.29 is 41.4 Å². The van der Waals surface area contributed by atoms with Crippen molar-refractivity contribution in [3.05, 3.63) is 77.0 Å². The summed E-state index contributed by atoms with van der Waals surface area (Å²) in [5.41, 5.74) is -2.91. The lowest BCUT2D eigenvalue weighted by Gasteiger charge is -2.32. The molecule has 4 rings (SSSR count). The van der Waals surface area contributed by atoms with E-state index in [0.29, 0.717) is 35.5 Å². The first kappa shape index (κ1) is 31.3. The Morgan fingerprint density at radius 3 is 2.10 bits per heavy atom. The highest BCUT2D eigenvalue weighted by atomic mass is 19.4. The van der Waals surface area contributed by atoms with Crippen LogP contribution in [0.5, 0.6) is 0 Å². The molecular formula is C30H31F6N3O3. The number of hydrogen-bond acceptors (Lipinski definition) is 5. The summed E-state index contributed by atoms with van der Waals surface area (Å²) >= 11 is 0. The number of hydrogen-bond donors (Lipinski definition) is 2. The molecule has 1 aromatic heterocycles. The van der Waals surface area contributed by atoms with Gasteiger partial charge in [0.1, 0.15) is 5.82 Å². The van der Waals surface area contributed by atoms with Gasteiger partial charge in [-0.2, -0.15) is 26.3 Å². The minimum atomic E-state index is -5.06. The highest BCUT2D eigenvalue weighted by Crippen LogP contribution is 2.41. The number of amides is 1. The summed E-state index contributed by atoms with van der Waals surface area (Å²) in [5, 5.41) is 20.0. The second kappa shape index (κ2) is 11.2. The number of pyridine rings is 1. The van der Waals surface area contributed by atoms with Gasteiger partial charge in [0.15, 0.2) is 0 Å². The lowest BCUT2D eigenvalue weighted by Crippen LogP contribution is -2.42. The molecule has 1 amide bonds. The van der Waals surface area contributed by atoms with Crippen molar-refractivity contribution in [3.8, 4) is 11.1 Å². The number of aryl methyl sites for hydroxylation is 1. The van der Waals surface area contributed by atoms with E-state index in [-0.39, 0.29) is 30.9 Å². The average molecular weight is 596 g/mol. The lowest BCUT2D eigenvalue weighted by molar-refractivity contribution is -0.143. The molecule has 0 saturated carbocycles. The van der Waals surface area contributed by atoms with Gasteiger partial charge >= 0.3 is 12.4 Å². The number of aliphatic hydroxyl groups is 2. The van der Waals surface area contributed by atoms with Crippen LogP contribution < -0.4 is 9.80 Å². The molecule has 0 radical (unpaired) electrons. The van der Waals surface area contributed by atoms with E-state index in [2.05, 4.69) is 4.98 Å². The van der Waals surface area contributed by atoms with Gasteiger partial charge in [0.05, 0.1) is 47.2 Å². The Hall–Kier alpha value is -3.64. The molecule has 2 heterocycles. The average Bonchev–Trinajstić information content (AvgIpc) is 3.31. The number of carbonyl (C=O) groups is 1. The summed E-state index contributed by atoms with van der Waals surface area (Å²) in [4.78, 5) is 21.3. The first-order chi connectivity index (χ1) is 19.4. The van der Waals surface area contributed by atoms with Gasteiger partial charge in [-0.1, -0.05) is 24.3 Å². The number of likely N-dealkylation sites (N-methyl/N-ethyl adjacent to an activating group) is 1. The number of nitrogens with zero attached hydrogens (tertiary/aromatic N) is 3. The monoisotopic (exact) mass is 595 g/mol. The SMILES string of the molecule is Cc1ccccc1-c1cc(N2C[C@H](O)C[C@@H]2CO)ncc1N(C)C(=O)C(C)(C)c1cc(C(F)(F)F)cc(C(F)(F)F)c1. The van der Waals surface area contributed by atoms with E-state index in [1.165, 1.54) is 32.0 Å². The molecule has 12 heteroatoms. The molecule has 2 aromatic carbocycles. The van der Waals surface area contributed by atoms with Crippen LogP contribution in [0.4, 0.5) is 37.8 Å². The van der Waals surface area contributed by atoms with Crippen molar-refractivity contribution >= 4 is 17.4 Å². The predicted molar refractivity (Wildman–Crippen MR) is 146 cm³/mol. The van der Waals surface area contributed by atoms with Crippen molar-refractivity contribution in [2.45, 2.75) is 57.1 Å². The van der Waals surface area contributed by atoms with E-state index >= 15 is 0 Å². The van der Waals surface area contributed by atoms with Crippen molar-refractivity contribution in [2.75, 3.05) is 30.0 Å². The number of benzene rings is 2. The van der Waals surface area contributed by atoms with Gasteiger partial charge in [0.2, 0.25) is 5.91 Å². The maximum absolute atomic E-state index is 13.9. The number of rotatable bonds is 6. The zero-order chi connectivity index (χ0) is 31.2. The third-order valence-corrected chi connectivity index (χ3v) is 7.71. The molecule has 0 unspecified atom stereocenters. The lowest BCUT2D eigenvalue weighted by atomic mass is 9.81. The molecule has 2 N–H and O–H groups in total. The van der Waals surface area contributed by atoms with Gasteiger partial charge in [-0.25, -0.2) is 4.98 Å². The van der Waals surface area contributed by atoms with Gasteiger partial charge in [-0.3, -0.25) is 4.79 Å². The van der Waals surface area contributed by atoms with Crippen molar-refractivity contribution in [2.24, 2.45) is 0 Å². The largest absolute Gasteiger partial charge is 0.416 e. The molecule has 6 nitrogen and oxygen atoms in total. The fraction of sp³-hybridized carbons (Fsp3) is 0.400. The summed E-state index contributed by atoms with van der Waals surface area (Å²) in [6, 6.07) is 9.75. The van der Waals surface area contributed by atoms with Crippen molar-refractivity contribution in [1.29, 1.82) is 0 Å². The molecular weight excluding hydrogens is 564 g/mol. The molecule has 42 heavy (non-hydrogen) atoms. The number of alkyl halides is 6. The maximum atomic E-state index is 13.9. The Kier molecular flexibility index (Phi) is 8.36. The second-order valence-corrected chi connectivity index (χ2v) is 11.0. The third-order valence-electron chi connectivity index (χ3n) is 7.71. The van der Waals surface area contributed by atoms with Crippen LogP contribution in [-0.4, -0.2) is 53.4 Å². The van der Waals surface area contributed by atoms with Gasteiger partial charge in [0, 0.05) is 19.2 Å². The molecule has 1 aliphatic rings. The van der Waals surface area contributed by atoms with Gasteiger partial charge in [-0.05, 0) is 68.1 Å². The number of aliphatic hydroxyl groups excluding tert-OH is 2. The van der Waals surface area contributed by atoms with Crippen LogP contribution in [0.25, 0.3) is 11.1 Å². The summed E-state index contributed by atoms with van der Waals surface area (Å²) in [6.45, 7) is 4.40. The van der Waals surface area contributed by atoms with E-state index in [0.717, 1.165) is 5.56 Å². The van der Waals surface area contributed by atoms with E-state index in [9.17, 15) is 41.4 Å². The highest BCUT2D eigenvalue weighted by molar-refractivity contribution is 6.03. The fourth-order valence-electron chi connectivity index (χ4n) is 5.27. The first-order valence-corrected chi connectivity index (χ1v) is 13.1. The number of halogens is 6. The predicted octanol–water partition coefficient (Wildman–Crippen LogP) is 5.97. The Balaban J connectivity index is 1.82. The molecule has 1 saturated heterocycles. The zero-order valence-electron chi connectivity index (χ0n) is 23.4. The Bertz CT molecular complexity index is 1440. The molecule has 2 atom stereocenters. The molecule has 226 valence electrons. The second-order valence-electron chi connectivity index (χ2n) is 11.0. The van der Waals surface area contributed by atoms with Crippen LogP contribution in [0.2, 0.25) is 0 Å². The summed E-state index contributed by atoms with van der Waals surface area (Å²) in [5.74, 6) is -0.329. The normalized spacial score (nSPS) is 18.0. The van der Waals surface area contributed by atoms with E-state index < -0.39 is 46.5 Å². The van der Waals surface area contributed by atoms with Crippen LogP contribution in [0.3, 0.4) is 0 Å². The maximum Gasteiger partial charge on any atom is 0.416 e.